The number of aromatic nitrogens is 2. The number of hydroxylamine groups is 1. The SMILES string of the molecule is O=C(C[C@@H](CCCC1CCCCC1)c1nc(CN[C@H]2CC[C@H](O)CC2)no1)NO. The Balaban J connectivity index is 1.49. The summed E-state index contributed by atoms with van der Waals surface area (Å²) in [6.45, 7) is 0.519. The van der Waals surface area contributed by atoms with Crippen molar-refractivity contribution in [3.8, 4) is 0 Å². The summed E-state index contributed by atoms with van der Waals surface area (Å²) in [5.41, 5.74) is 1.72. The molecule has 0 aliphatic heterocycles. The van der Waals surface area contributed by atoms with Crippen molar-refractivity contribution in [1.29, 1.82) is 0 Å². The van der Waals surface area contributed by atoms with Gasteiger partial charge in [0.1, 0.15) is 0 Å². The van der Waals surface area contributed by atoms with E-state index in [9.17, 15) is 9.90 Å². The lowest BCUT2D eigenvalue weighted by Gasteiger charge is -2.25. The van der Waals surface area contributed by atoms with Gasteiger partial charge < -0.3 is 14.9 Å². The number of amides is 1. The molecule has 1 amide bonds. The maximum atomic E-state index is 11.7. The Morgan fingerprint density at radius 3 is 2.62 bits per heavy atom. The second kappa shape index (κ2) is 11.6. The summed E-state index contributed by atoms with van der Waals surface area (Å²) in [4.78, 5) is 16.3. The quantitative estimate of drug-likeness (QED) is 0.346. The summed E-state index contributed by atoms with van der Waals surface area (Å²) in [5.74, 6) is 1.27. The van der Waals surface area contributed by atoms with Gasteiger partial charge in [0.15, 0.2) is 5.82 Å². The van der Waals surface area contributed by atoms with E-state index in [2.05, 4.69) is 15.5 Å². The lowest BCUT2D eigenvalue weighted by atomic mass is 9.84. The van der Waals surface area contributed by atoms with Gasteiger partial charge in [-0.2, -0.15) is 4.98 Å². The summed E-state index contributed by atoms with van der Waals surface area (Å²) in [6.07, 6.45) is 13.2. The predicted octanol–water partition coefficient (Wildman–Crippen LogP) is 3.19. The smallest absolute Gasteiger partial charge is 0.244 e. The molecule has 3 rings (SSSR count). The molecule has 8 nitrogen and oxygen atoms in total. The predicted molar refractivity (Wildman–Crippen MR) is 107 cm³/mol. The molecule has 1 aromatic rings. The molecule has 1 atom stereocenters. The minimum atomic E-state index is -0.425. The van der Waals surface area contributed by atoms with Gasteiger partial charge in [-0.1, -0.05) is 50.1 Å². The third kappa shape index (κ3) is 7.35. The average Bonchev–Trinajstić information content (AvgIpc) is 3.22. The highest BCUT2D eigenvalue weighted by Crippen LogP contribution is 2.31. The topological polar surface area (TPSA) is 121 Å². The van der Waals surface area contributed by atoms with Crippen molar-refractivity contribution in [2.75, 3.05) is 0 Å². The van der Waals surface area contributed by atoms with E-state index in [1.807, 2.05) is 0 Å². The van der Waals surface area contributed by atoms with Gasteiger partial charge in [-0.3, -0.25) is 10.0 Å². The summed E-state index contributed by atoms with van der Waals surface area (Å²) in [7, 11) is 0. The maximum Gasteiger partial charge on any atom is 0.244 e. The first-order chi connectivity index (χ1) is 14.1. The van der Waals surface area contributed by atoms with E-state index in [0.29, 0.717) is 24.3 Å². The minimum absolute atomic E-state index is 0.150. The molecule has 1 heterocycles. The van der Waals surface area contributed by atoms with Gasteiger partial charge in [0, 0.05) is 18.4 Å². The van der Waals surface area contributed by atoms with E-state index < -0.39 is 5.91 Å². The molecule has 4 N–H and O–H groups in total. The fraction of sp³-hybridized carbons (Fsp3) is 0.857. The van der Waals surface area contributed by atoms with Crippen LogP contribution in [0.3, 0.4) is 0 Å². The third-order valence-corrected chi connectivity index (χ3v) is 6.52. The van der Waals surface area contributed by atoms with Crippen molar-refractivity contribution < 1.29 is 19.6 Å². The molecule has 2 saturated carbocycles. The van der Waals surface area contributed by atoms with Crippen LogP contribution in [0.25, 0.3) is 0 Å². The summed E-state index contributed by atoms with van der Waals surface area (Å²) in [5, 5.41) is 26.0. The number of aliphatic hydroxyl groups is 1. The van der Waals surface area contributed by atoms with E-state index in [0.717, 1.165) is 44.4 Å². The number of nitrogens with one attached hydrogen (secondary N) is 2. The van der Waals surface area contributed by atoms with Gasteiger partial charge in [-0.25, -0.2) is 5.48 Å². The second-order valence-corrected chi connectivity index (χ2v) is 8.81. The molecule has 0 spiro atoms. The highest BCUT2D eigenvalue weighted by Gasteiger charge is 2.24. The highest BCUT2D eigenvalue weighted by atomic mass is 16.5. The van der Waals surface area contributed by atoms with Crippen LogP contribution in [0, 0.1) is 5.92 Å². The number of aliphatic hydroxyl groups excluding tert-OH is 1. The molecule has 2 fully saturated rings. The van der Waals surface area contributed by atoms with E-state index in [1.165, 1.54) is 38.5 Å². The van der Waals surface area contributed by atoms with Crippen molar-refractivity contribution in [2.45, 2.75) is 108 Å². The lowest BCUT2D eigenvalue weighted by Crippen LogP contribution is -2.34. The summed E-state index contributed by atoms with van der Waals surface area (Å²) in [6, 6.07) is 0.367. The summed E-state index contributed by atoms with van der Waals surface area (Å²) >= 11 is 0. The van der Waals surface area contributed by atoms with Gasteiger partial charge in [0.2, 0.25) is 11.8 Å². The Labute approximate surface area is 172 Å². The number of hydrogen-bond donors (Lipinski definition) is 4. The zero-order valence-electron chi connectivity index (χ0n) is 17.3. The molecule has 2 aliphatic carbocycles. The van der Waals surface area contributed by atoms with Crippen molar-refractivity contribution in [1.82, 2.24) is 20.9 Å². The maximum absolute atomic E-state index is 11.7. The van der Waals surface area contributed by atoms with Crippen LogP contribution in [0.1, 0.15) is 101 Å². The van der Waals surface area contributed by atoms with Crippen LogP contribution >= 0.6 is 0 Å². The standard InChI is InChI=1S/C21H36N4O4/c26-18-11-9-17(10-12-18)22-14-19-23-21(29-25-19)16(13-20(27)24-28)8-4-7-15-5-2-1-3-6-15/h15-18,22,26,28H,1-14H2,(H,24,27)/t16-,17-,18-/m1/s1. The first-order valence-corrected chi connectivity index (χ1v) is 11.3. The van der Waals surface area contributed by atoms with E-state index in [1.54, 1.807) is 5.48 Å². The van der Waals surface area contributed by atoms with Crippen LogP contribution in [0.5, 0.6) is 0 Å². The van der Waals surface area contributed by atoms with Gasteiger partial charge in [0.05, 0.1) is 12.6 Å². The number of nitrogens with zero attached hydrogens (tertiary/aromatic N) is 2. The first kappa shape index (κ1) is 22.2. The van der Waals surface area contributed by atoms with Gasteiger partial charge >= 0.3 is 0 Å². The van der Waals surface area contributed by atoms with Crippen molar-refractivity contribution in [3.05, 3.63) is 11.7 Å². The molecule has 29 heavy (non-hydrogen) atoms. The van der Waals surface area contributed by atoms with E-state index in [-0.39, 0.29) is 18.4 Å². The van der Waals surface area contributed by atoms with Crippen molar-refractivity contribution >= 4 is 5.91 Å². The number of rotatable bonds is 10. The molecular weight excluding hydrogens is 372 g/mol. The fourth-order valence-electron chi connectivity index (χ4n) is 4.73. The van der Waals surface area contributed by atoms with Crippen LogP contribution in [0.4, 0.5) is 0 Å². The normalized spacial score (nSPS) is 24.3. The highest BCUT2D eigenvalue weighted by molar-refractivity contribution is 5.75. The Morgan fingerprint density at radius 2 is 1.90 bits per heavy atom. The molecule has 8 heteroatoms. The zero-order valence-corrected chi connectivity index (χ0v) is 17.3. The third-order valence-electron chi connectivity index (χ3n) is 6.52. The fourth-order valence-corrected chi connectivity index (χ4v) is 4.73. The molecule has 1 aromatic heterocycles. The molecule has 0 unspecified atom stereocenters. The van der Waals surface area contributed by atoms with Crippen LogP contribution in [-0.2, 0) is 11.3 Å². The molecule has 164 valence electrons. The van der Waals surface area contributed by atoms with Crippen LogP contribution in [0.15, 0.2) is 4.52 Å². The second-order valence-electron chi connectivity index (χ2n) is 8.81. The minimum Gasteiger partial charge on any atom is -0.393 e. The van der Waals surface area contributed by atoms with Crippen LogP contribution in [0.2, 0.25) is 0 Å². The Morgan fingerprint density at radius 1 is 1.14 bits per heavy atom. The van der Waals surface area contributed by atoms with E-state index in [4.69, 9.17) is 9.73 Å². The summed E-state index contributed by atoms with van der Waals surface area (Å²) < 4.78 is 5.47. The van der Waals surface area contributed by atoms with Gasteiger partial charge in [0.25, 0.3) is 0 Å². The Hall–Kier alpha value is -1.51. The van der Waals surface area contributed by atoms with E-state index >= 15 is 0 Å². The lowest BCUT2D eigenvalue weighted by molar-refractivity contribution is -0.129. The molecule has 0 saturated heterocycles. The number of hydrogen-bond acceptors (Lipinski definition) is 7. The Bertz CT molecular complexity index is 610. The zero-order chi connectivity index (χ0) is 20.5. The van der Waals surface area contributed by atoms with Crippen LogP contribution in [-0.4, -0.2) is 38.5 Å². The monoisotopic (exact) mass is 408 g/mol. The molecule has 2 aliphatic rings. The number of carbonyl (C=O) groups is 1. The number of carbonyl (C=O) groups excluding carboxylic acids is 1. The Kier molecular flexibility index (Phi) is 8.89. The van der Waals surface area contributed by atoms with Crippen LogP contribution < -0.4 is 10.8 Å². The molecule has 0 bridgehead atoms. The average molecular weight is 409 g/mol. The first-order valence-electron chi connectivity index (χ1n) is 11.3. The largest absolute Gasteiger partial charge is 0.393 e. The molecule has 0 radical (unpaired) electrons. The molecular formula is C21H36N4O4. The van der Waals surface area contributed by atoms with Crippen molar-refractivity contribution in [3.63, 3.8) is 0 Å². The molecule has 0 aromatic carbocycles. The van der Waals surface area contributed by atoms with Gasteiger partial charge in [-0.15, -0.1) is 0 Å². The van der Waals surface area contributed by atoms with Gasteiger partial charge in [-0.05, 0) is 38.0 Å². The van der Waals surface area contributed by atoms with Crippen molar-refractivity contribution in [2.24, 2.45) is 5.92 Å².